The molecule has 0 saturated carbocycles. The van der Waals surface area contributed by atoms with Crippen molar-refractivity contribution in [3.63, 3.8) is 0 Å². The lowest BCUT2D eigenvalue weighted by Gasteiger charge is -2.31. The molecule has 2 heterocycles. The summed E-state index contributed by atoms with van der Waals surface area (Å²) in [7, 11) is 0. The van der Waals surface area contributed by atoms with Gasteiger partial charge in [0.05, 0.1) is 42.8 Å². The maximum atomic E-state index is 12.8. The smallest absolute Gasteiger partial charge is 0.255 e. The van der Waals surface area contributed by atoms with Gasteiger partial charge in [0.1, 0.15) is 0 Å². The predicted molar refractivity (Wildman–Crippen MR) is 104 cm³/mol. The van der Waals surface area contributed by atoms with Gasteiger partial charge in [-0.2, -0.15) is 0 Å². The van der Waals surface area contributed by atoms with Crippen molar-refractivity contribution in [2.24, 2.45) is 0 Å². The van der Waals surface area contributed by atoms with Crippen LogP contribution in [0.5, 0.6) is 11.5 Å². The molecule has 0 radical (unpaired) electrons. The van der Waals surface area contributed by atoms with Crippen molar-refractivity contribution >= 4 is 28.9 Å². The molecule has 0 atom stereocenters. The summed E-state index contributed by atoms with van der Waals surface area (Å²) in [5.41, 5.74) is 2.01. The second kappa shape index (κ2) is 8.06. The fourth-order valence-electron chi connectivity index (χ4n) is 3.22. The van der Waals surface area contributed by atoms with Crippen molar-refractivity contribution < 1.29 is 19.0 Å². The van der Waals surface area contributed by atoms with Crippen molar-refractivity contribution in [3.8, 4) is 11.5 Å². The minimum absolute atomic E-state index is 0.220. The number of rotatable bonds is 3. The number of anilines is 2. The summed E-state index contributed by atoms with van der Waals surface area (Å²) in [6, 6.07) is 10.7. The third-order valence-corrected chi connectivity index (χ3v) is 4.88. The molecule has 0 spiro atoms. The number of carbonyl (C=O) groups is 1. The Bertz CT molecular complexity index is 837. The molecule has 142 valence electrons. The van der Waals surface area contributed by atoms with E-state index in [0.717, 1.165) is 25.2 Å². The molecule has 2 aliphatic heterocycles. The van der Waals surface area contributed by atoms with Crippen molar-refractivity contribution in [1.29, 1.82) is 0 Å². The molecule has 27 heavy (non-hydrogen) atoms. The minimum Gasteiger partial charge on any atom is -0.490 e. The highest BCUT2D eigenvalue weighted by atomic mass is 35.5. The summed E-state index contributed by atoms with van der Waals surface area (Å²) in [6.07, 6.45) is 0.821. The van der Waals surface area contributed by atoms with Gasteiger partial charge >= 0.3 is 0 Å². The number of amides is 1. The summed E-state index contributed by atoms with van der Waals surface area (Å²) >= 11 is 6.43. The zero-order chi connectivity index (χ0) is 18.6. The van der Waals surface area contributed by atoms with Crippen LogP contribution in [0.15, 0.2) is 36.4 Å². The number of hydrogen-bond acceptors (Lipinski definition) is 5. The number of morpholine rings is 1. The van der Waals surface area contributed by atoms with Crippen molar-refractivity contribution in [1.82, 2.24) is 0 Å². The number of nitrogens with zero attached hydrogens (tertiary/aromatic N) is 1. The van der Waals surface area contributed by atoms with Crippen LogP contribution in [0, 0.1) is 0 Å². The molecule has 1 saturated heterocycles. The van der Waals surface area contributed by atoms with Crippen LogP contribution in [0.2, 0.25) is 5.02 Å². The Hall–Kier alpha value is -2.44. The standard InChI is InChI=1S/C20H21ClN2O4/c21-15-3-1-4-16(19(15)23-7-11-25-12-8-23)22-20(24)14-5-6-17-18(13-14)27-10-2-9-26-17/h1,3-6,13H,2,7-12H2,(H,22,24). The van der Waals surface area contributed by atoms with Crippen molar-refractivity contribution in [2.45, 2.75) is 6.42 Å². The number of para-hydroxylation sites is 1. The molecule has 0 unspecified atom stereocenters. The first-order chi connectivity index (χ1) is 13.2. The molecule has 4 rings (SSSR count). The molecule has 2 aromatic carbocycles. The lowest BCUT2D eigenvalue weighted by Crippen LogP contribution is -2.37. The lowest BCUT2D eigenvalue weighted by molar-refractivity contribution is 0.102. The molecule has 1 fully saturated rings. The number of carbonyl (C=O) groups excluding carboxylic acids is 1. The summed E-state index contributed by atoms with van der Waals surface area (Å²) in [5, 5.41) is 3.59. The molecule has 1 N–H and O–H groups in total. The lowest BCUT2D eigenvalue weighted by atomic mass is 10.1. The summed E-state index contributed by atoms with van der Waals surface area (Å²) in [5.74, 6) is 1.04. The van der Waals surface area contributed by atoms with Gasteiger partial charge in [-0.15, -0.1) is 0 Å². The van der Waals surface area contributed by atoms with Gasteiger partial charge in [-0.3, -0.25) is 4.79 Å². The van der Waals surface area contributed by atoms with Gasteiger partial charge in [-0.1, -0.05) is 17.7 Å². The largest absolute Gasteiger partial charge is 0.490 e. The van der Waals surface area contributed by atoms with Crippen LogP contribution in [0.25, 0.3) is 0 Å². The molecular formula is C20H21ClN2O4. The molecule has 6 nitrogen and oxygen atoms in total. The van der Waals surface area contributed by atoms with Gasteiger partial charge in [0.2, 0.25) is 0 Å². The maximum Gasteiger partial charge on any atom is 0.255 e. The third kappa shape index (κ3) is 3.96. The van der Waals surface area contributed by atoms with Gasteiger partial charge in [0.15, 0.2) is 11.5 Å². The Labute approximate surface area is 163 Å². The molecule has 2 aliphatic rings. The highest BCUT2D eigenvalue weighted by molar-refractivity contribution is 6.34. The molecule has 1 amide bonds. The van der Waals surface area contributed by atoms with Gasteiger partial charge in [0, 0.05) is 25.1 Å². The van der Waals surface area contributed by atoms with E-state index in [1.807, 2.05) is 18.2 Å². The number of hydrogen-bond donors (Lipinski definition) is 1. The van der Waals surface area contributed by atoms with Gasteiger partial charge in [-0.05, 0) is 30.3 Å². The Morgan fingerprint density at radius 3 is 2.59 bits per heavy atom. The van der Waals surface area contributed by atoms with E-state index in [2.05, 4.69) is 10.2 Å². The van der Waals surface area contributed by atoms with E-state index >= 15 is 0 Å². The van der Waals surface area contributed by atoms with Gasteiger partial charge in [-0.25, -0.2) is 0 Å². The van der Waals surface area contributed by atoms with Crippen LogP contribution in [0.3, 0.4) is 0 Å². The van der Waals surface area contributed by atoms with E-state index in [9.17, 15) is 4.79 Å². The monoisotopic (exact) mass is 388 g/mol. The SMILES string of the molecule is O=C(Nc1cccc(Cl)c1N1CCOCC1)c1ccc2c(c1)OCCCO2. The van der Waals surface area contributed by atoms with Crippen molar-refractivity contribution in [2.75, 3.05) is 49.7 Å². The van der Waals surface area contributed by atoms with Crippen LogP contribution in [-0.4, -0.2) is 45.4 Å². The quantitative estimate of drug-likeness (QED) is 0.870. The fourth-order valence-corrected chi connectivity index (χ4v) is 3.52. The second-order valence-electron chi connectivity index (χ2n) is 6.40. The zero-order valence-electron chi connectivity index (χ0n) is 14.9. The van der Waals surface area contributed by atoms with E-state index in [1.165, 1.54) is 0 Å². The first-order valence-corrected chi connectivity index (χ1v) is 9.42. The molecule has 0 aromatic heterocycles. The van der Waals surface area contributed by atoms with Gasteiger partial charge < -0.3 is 24.4 Å². The van der Waals surface area contributed by atoms with Crippen molar-refractivity contribution in [3.05, 3.63) is 47.0 Å². The van der Waals surface area contributed by atoms with Crippen LogP contribution in [0.4, 0.5) is 11.4 Å². The highest BCUT2D eigenvalue weighted by Gasteiger charge is 2.20. The first kappa shape index (κ1) is 17.9. The number of nitrogens with one attached hydrogen (secondary N) is 1. The average molecular weight is 389 g/mol. The second-order valence-corrected chi connectivity index (χ2v) is 6.81. The van der Waals surface area contributed by atoms with E-state index in [0.29, 0.717) is 54.2 Å². The molecule has 2 aromatic rings. The highest BCUT2D eigenvalue weighted by Crippen LogP contribution is 2.35. The van der Waals surface area contributed by atoms with E-state index < -0.39 is 0 Å². The van der Waals surface area contributed by atoms with E-state index in [-0.39, 0.29) is 5.91 Å². The Kier molecular flexibility index (Phi) is 5.36. The number of benzene rings is 2. The minimum atomic E-state index is -0.220. The summed E-state index contributed by atoms with van der Waals surface area (Å²) in [4.78, 5) is 15.0. The number of ether oxygens (including phenoxy) is 3. The average Bonchev–Trinajstić information content (AvgIpc) is 2.93. The first-order valence-electron chi connectivity index (χ1n) is 9.04. The van der Waals surface area contributed by atoms with Crippen LogP contribution >= 0.6 is 11.6 Å². The Balaban J connectivity index is 1.58. The number of halogens is 1. The van der Waals surface area contributed by atoms with E-state index in [4.69, 9.17) is 25.8 Å². The molecular weight excluding hydrogens is 368 g/mol. The molecule has 7 heteroatoms. The summed E-state index contributed by atoms with van der Waals surface area (Å²) in [6.45, 7) is 3.94. The van der Waals surface area contributed by atoms with Gasteiger partial charge in [0.25, 0.3) is 5.91 Å². The number of fused-ring (bicyclic) bond motifs is 1. The topological polar surface area (TPSA) is 60.0 Å². The molecule has 0 aliphatic carbocycles. The molecule has 0 bridgehead atoms. The van der Waals surface area contributed by atoms with Crippen LogP contribution in [-0.2, 0) is 4.74 Å². The van der Waals surface area contributed by atoms with Crippen LogP contribution < -0.4 is 19.7 Å². The summed E-state index contributed by atoms with van der Waals surface area (Å²) < 4.78 is 16.7. The zero-order valence-corrected chi connectivity index (χ0v) is 15.6. The maximum absolute atomic E-state index is 12.8. The fraction of sp³-hybridized carbons (Fsp3) is 0.350. The predicted octanol–water partition coefficient (Wildman–Crippen LogP) is 3.59. The third-order valence-electron chi connectivity index (χ3n) is 4.57. The van der Waals surface area contributed by atoms with Crippen LogP contribution in [0.1, 0.15) is 16.8 Å². The Morgan fingerprint density at radius 2 is 1.78 bits per heavy atom. The Morgan fingerprint density at radius 1 is 1.00 bits per heavy atom. The normalized spacial score (nSPS) is 16.6. The van der Waals surface area contributed by atoms with E-state index in [1.54, 1.807) is 18.2 Å².